The number of ether oxygens (including phenoxy) is 1. The summed E-state index contributed by atoms with van der Waals surface area (Å²) >= 11 is 1.42. The number of imidazole rings is 1. The zero-order chi connectivity index (χ0) is 16.8. The molecule has 0 aliphatic rings. The van der Waals surface area contributed by atoms with Gasteiger partial charge in [0.05, 0.1) is 22.7 Å². The molecule has 0 aliphatic heterocycles. The number of rotatable bonds is 2. The molecule has 5 heteroatoms. The van der Waals surface area contributed by atoms with Crippen LogP contribution in [-0.2, 0) is 0 Å². The summed E-state index contributed by atoms with van der Waals surface area (Å²) in [5.41, 5.74) is 4.97. The topological polar surface area (TPSA) is 43.6 Å². The predicted molar refractivity (Wildman–Crippen MR) is 98.1 cm³/mol. The summed E-state index contributed by atoms with van der Waals surface area (Å²) < 4.78 is 7.56. The molecule has 24 heavy (non-hydrogen) atoms. The molecule has 0 fully saturated rings. The standard InChI is InChI=1S/C19H16N2O2S/c1-11-8-12(2)17-15(9-11)21-18(22)16(24-19(21)20-17)10-13-4-6-14(23-3)7-5-13/h4-10H,1-3H3. The van der Waals surface area contributed by atoms with Crippen molar-refractivity contribution in [2.45, 2.75) is 13.8 Å². The zero-order valence-electron chi connectivity index (χ0n) is 13.7. The van der Waals surface area contributed by atoms with Crippen molar-refractivity contribution in [2.24, 2.45) is 0 Å². The third-order valence-corrected chi connectivity index (χ3v) is 5.06. The third kappa shape index (κ3) is 2.29. The predicted octanol–water partition coefficient (Wildman–Crippen LogP) is 3.08. The maximum Gasteiger partial charge on any atom is 0.274 e. The van der Waals surface area contributed by atoms with E-state index in [1.807, 2.05) is 50.3 Å². The van der Waals surface area contributed by atoms with Crippen LogP contribution in [0.1, 0.15) is 16.7 Å². The maximum absolute atomic E-state index is 12.8. The van der Waals surface area contributed by atoms with Gasteiger partial charge in [-0.1, -0.05) is 29.5 Å². The second-order valence-electron chi connectivity index (χ2n) is 5.87. The van der Waals surface area contributed by atoms with Crippen LogP contribution < -0.4 is 14.8 Å². The lowest BCUT2D eigenvalue weighted by molar-refractivity contribution is 0.415. The van der Waals surface area contributed by atoms with Crippen LogP contribution >= 0.6 is 11.3 Å². The third-order valence-electron chi connectivity index (χ3n) is 4.09. The van der Waals surface area contributed by atoms with Crippen LogP contribution in [0.4, 0.5) is 0 Å². The van der Waals surface area contributed by atoms with Crippen LogP contribution in [0.3, 0.4) is 0 Å². The van der Waals surface area contributed by atoms with Crippen molar-refractivity contribution >= 4 is 33.4 Å². The molecule has 0 amide bonds. The van der Waals surface area contributed by atoms with Gasteiger partial charge in [-0.3, -0.25) is 4.79 Å². The van der Waals surface area contributed by atoms with Gasteiger partial charge in [0.15, 0.2) is 4.96 Å². The Morgan fingerprint density at radius 3 is 2.62 bits per heavy atom. The van der Waals surface area contributed by atoms with Gasteiger partial charge in [0.25, 0.3) is 5.56 Å². The van der Waals surface area contributed by atoms with E-state index in [4.69, 9.17) is 4.74 Å². The summed E-state index contributed by atoms with van der Waals surface area (Å²) in [6, 6.07) is 11.8. The van der Waals surface area contributed by atoms with Gasteiger partial charge in [0.1, 0.15) is 5.75 Å². The first-order chi connectivity index (χ1) is 11.6. The highest BCUT2D eigenvalue weighted by Gasteiger charge is 2.13. The SMILES string of the molecule is COc1ccc(C=c2sc3nc4c(C)cc(C)cc4n3c2=O)cc1. The maximum atomic E-state index is 12.8. The number of methoxy groups -OCH3 is 1. The molecule has 4 nitrogen and oxygen atoms in total. The monoisotopic (exact) mass is 336 g/mol. The second-order valence-corrected chi connectivity index (χ2v) is 6.88. The van der Waals surface area contributed by atoms with E-state index in [0.717, 1.165) is 38.4 Å². The van der Waals surface area contributed by atoms with Crippen LogP contribution in [0, 0.1) is 13.8 Å². The number of aryl methyl sites for hydroxylation is 2. The molecule has 4 aromatic rings. The zero-order valence-corrected chi connectivity index (χ0v) is 14.5. The number of thiazole rings is 1. The van der Waals surface area contributed by atoms with Crippen molar-refractivity contribution in [3.8, 4) is 5.75 Å². The number of hydrogen-bond donors (Lipinski definition) is 0. The van der Waals surface area contributed by atoms with Crippen LogP contribution in [-0.4, -0.2) is 16.5 Å². The Morgan fingerprint density at radius 2 is 1.92 bits per heavy atom. The molecule has 0 radical (unpaired) electrons. The van der Waals surface area contributed by atoms with Gasteiger partial charge >= 0.3 is 0 Å². The van der Waals surface area contributed by atoms with E-state index >= 15 is 0 Å². The van der Waals surface area contributed by atoms with Crippen molar-refractivity contribution in [2.75, 3.05) is 7.11 Å². The van der Waals surface area contributed by atoms with Gasteiger partial charge < -0.3 is 4.74 Å². The first-order valence-corrected chi connectivity index (χ1v) is 8.46. The molecule has 0 atom stereocenters. The van der Waals surface area contributed by atoms with Gasteiger partial charge in [-0.05, 0) is 54.8 Å². The van der Waals surface area contributed by atoms with Crippen LogP contribution in [0.25, 0.3) is 22.1 Å². The largest absolute Gasteiger partial charge is 0.497 e. The van der Waals surface area contributed by atoms with Crippen molar-refractivity contribution in [3.63, 3.8) is 0 Å². The number of fused-ring (bicyclic) bond motifs is 3. The number of nitrogens with zero attached hydrogens (tertiary/aromatic N) is 2. The summed E-state index contributed by atoms with van der Waals surface area (Å²) in [5, 5.41) is 0. The molecule has 2 aromatic carbocycles. The normalized spacial score (nSPS) is 12.4. The highest BCUT2D eigenvalue weighted by atomic mass is 32.1. The molecule has 0 aliphatic carbocycles. The van der Waals surface area contributed by atoms with Crippen LogP contribution in [0.2, 0.25) is 0 Å². The average Bonchev–Trinajstić information content (AvgIpc) is 3.06. The molecular formula is C19H16N2O2S. The average molecular weight is 336 g/mol. The fourth-order valence-electron chi connectivity index (χ4n) is 2.96. The minimum Gasteiger partial charge on any atom is -0.497 e. The molecule has 0 N–H and O–H groups in total. The van der Waals surface area contributed by atoms with E-state index < -0.39 is 0 Å². The van der Waals surface area contributed by atoms with Crippen LogP contribution in [0.15, 0.2) is 41.2 Å². The van der Waals surface area contributed by atoms with Crippen LogP contribution in [0.5, 0.6) is 5.75 Å². The first kappa shape index (κ1) is 14.9. The number of benzene rings is 2. The van der Waals surface area contributed by atoms with Gasteiger partial charge in [-0.15, -0.1) is 0 Å². The fraction of sp³-hybridized carbons (Fsp3) is 0.158. The van der Waals surface area contributed by atoms with E-state index in [-0.39, 0.29) is 5.56 Å². The van der Waals surface area contributed by atoms with E-state index in [9.17, 15) is 4.79 Å². The lowest BCUT2D eigenvalue weighted by Crippen LogP contribution is -2.22. The lowest BCUT2D eigenvalue weighted by atomic mass is 10.1. The van der Waals surface area contributed by atoms with Gasteiger partial charge in [0.2, 0.25) is 0 Å². The summed E-state index contributed by atoms with van der Waals surface area (Å²) in [5.74, 6) is 0.799. The van der Waals surface area contributed by atoms with Crippen molar-refractivity contribution in [3.05, 3.63) is 68.0 Å². The molecule has 0 saturated carbocycles. The smallest absolute Gasteiger partial charge is 0.274 e. The first-order valence-electron chi connectivity index (χ1n) is 7.65. The summed E-state index contributed by atoms with van der Waals surface area (Å²) in [4.78, 5) is 18.2. The summed E-state index contributed by atoms with van der Waals surface area (Å²) in [6.07, 6.45) is 1.90. The summed E-state index contributed by atoms with van der Waals surface area (Å²) in [6.45, 7) is 4.06. The van der Waals surface area contributed by atoms with Crippen molar-refractivity contribution in [1.82, 2.24) is 9.38 Å². The molecule has 0 saturated heterocycles. The second kappa shape index (κ2) is 5.46. The Hall–Kier alpha value is -2.66. The van der Waals surface area contributed by atoms with E-state index in [1.165, 1.54) is 11.3 Å². The molecule has 2 heterocycles. The highest BCUT2D eigenvalue weighted by molar-refractivity contribution is 7.15. The van der Waals surface area contributed by atoms with Gasteiger partial charge in [-0.25, -0.2) is 9.38 Å². The highest BCUT2D eigenvalue weighted by Crippen LogP contribution is 2.21. The van der Waals surface area contributed by atoms with Gasteiger partial charge in [0, 0.05) is 0 Å². The Kier molecular flexibility index (Phi) is 3.39. The molecule has 0 spiro atoms. The Bertz CT molecular complexity index is 1170. The minimum atomic E-state index is -0.0154. The molecule has 120 valence electrons. The van der Waals surface area contributed by atoms with E-state index in [2.05, 4.69) is 11.1 Å². The van der Waals surface area contributed by atoms with E-state index in [1.54, 1.807) is 11.5 Å². The minimum absolute atomic E-state index is 0.0154. The number of aromatic nitrogens is 2. The van der Waals surface area contributed by atoms with Crippen molar-refractivity contribution in [1.29, 1.82) is 0 Å². The number of hydrogen-bond acceptors (Lipinski definition) is 4. The summed E-state index contributed by atoms with van der Waals surface area (Å²) in [7, 11) is 1.64. The molecule has 0 bridgehead atoms. The molecular weight excluding hydrogens is 320 g/mol. The Morgan fingerprint density at radius 1 is 1.17 bits per heavy atom. The van der Waals surface area contributed by atoms with Crippen molar-refractivity contribution < 1.29 is 4.74 Å². The quantitative estimate of drug-likeness (QED) is 0.565. The van der Waals surface area contributed by atoms with Gasteiger partial charge in [-0.2, -0.15) is 0 Å². The lowest BCUT2D eigenvalue weighted by Gasteiger charge is -1.98. The molecule has 0 unspecified atom stereocenters. The Labute approximate surface area is 142 Å². The molecule has 4 rings (SSSR count). The van der Waals surface area contributed by atoms with E-state index in [0.29, 0.717) is 4.53 Å². The fourth-order valence-corrected chi connectivity index (χ4v) is 3.94. The Balaban J connectivity index is 1.95. The molecule has 2 aromatic heterocycles.